The number of aromatic nitrogens is 4. The van der Waals surface area contributed by atoms with E-state index in [1.54, 1.807) is 12.1 Å². The second-order valence-electron chi connectivity index (χ2n) is 7.94. The van der Waals surface area contributed by atoms with Crippen LogP contribution in [0.5, 0.6) is 0 Å². The third-order valence-electron chi connectivity index (χ3n) is 6.25. The average Bonchev–Trinajstić information content (AvgIpc) is 3.36. The van der Waals surface area contributed by atoms with Gasteiger partial charge in [-0.25, -0.2) is 4.68 Å². The maximum Gasteiger partial charge on any atom is 0.182 e. The molecule has 2 fully saturated rings. The highest BCUT2D eigenvalue weighted by Gasteiger charge is 2.27. The number of H-pyrrole nitrogens is 1. The molecule has 1 N–H and O–H groups in total. The summed E-state index contributed by atoms with van der Waals surface area (Å²) in [7, 11) is 0. The predicted octanol–water partition coefficient (Wildman–Crippen LogP) is 3.96. The minimum atomic E-state index is 0.0695. The topological polar surface area (TPSA) is 64.3 Å². The van der Waals surface area contributed by atoms with E-state index in [2.05, 4.69) is 23.6 Å². The van der Waals surface area contributed by atoms with Crippen LogP contribution in [0.25, 0.3) is 5.52 Å². The molecule has 142 valence electrons. The van der Waals surface area contributed by atoms with Gasteiger partial charge in [0.1, 0.15) is 6.23 Å². The van der Waals surface area contributed by atoms with Gasteiger partial charge in [0.05, 0.1) is 11.2 Å². The minimum absolute atomic E-state index is 0.0695. The van der Waals surface area contributed by atoms with Gasteiger partial charge in [-0.15, -0.1) is 0 Å². The summed E-state index contributed by atoms with van der Waals surface area (Å²) >= 11 is 0. The summed E-state index contributed by atoms with van der Waals surface area (Å²) in [5, 5.41) is 8.09. The Morgan fingerprint density at radius 3 is 2.70 bits per heavy atom. The Hall–Kier alpha value is -2.34. The standard InChI is InChI=1S/C21H26N4O2/c26-17-8-10-24-20(13-17)18(14-22-24)15-4-6-16(7-5-15)19-9-11-25(23-19)21-3-1-2-12-27-21/h8-11,13-16,21-22H,1-7,12H2. The molecule has 4 heterocycles. The molecule has 1 atom stereocenters. The van der Waals surface area contributed by atoms with Gasteiger partial charge in [0, 0.05) is 43.2 Å². The first-order chi connectivity index (χ1) is 13.3. The van der Waals surface area contributed by atoms with E-state index in [0.29, 0.717) is 11.8 Å². The molecule has 0 bridgehead atoms. The van der Waals surface area contributed by atoms with Crippen molar-refractivity contribution in [3.05, 3.63) is 58.3 Å². The fourth-order valence-electron chi connectivity index (χ4n) is 4.72. The maximum atomic E-state index is 11.7. The smallest absolute Gasteiger partial charge is 0.182 e. The SMILES string of the molecule is O=c1ccn2[nH]cc(C3CCC(c4ccn(C5CCCCO5)n4)CC3)c2c1. The van der Waals surface area contributed by atoms with Crippen molar-refractivity contribution in [1.29, 1.82) is 0 Å². The van der Waals surface area contributed by atoms with Crippen LogP contribution in [-0.2, 0) is 4.74 Å². The zero-order valence-electron chi connectivity index (χ0n) is 15.5. The highest BCUT2D eigenvalue weighted by atomic mass is 16.5. The third-order valence-corrected chi connectivity index (χ3v) is 6.25. The molecule has 1 aliphatic carbocycles. The molecule has 1 aliphatic heterocycles. The molecular weight excluding hydrogens is 340 g/mol. The predicted molar refractivity (Wildman–Crippen MR) is 103 cm³/mol. The number of nitrogens with one attached hydrogen (secondary N) is 1. The highest BCUT2D eigenvalue weighted by molar-refractivity contribution is 5.55. The first kappa shape index (κ1) is 16.8. The minimum Gasteiger partial charge on any atom is -0.357 e. The summed E-state index contributed by atoms with van der Waals surface area (Å²) in [6, 6.07) is 5.51. The van der Waals surface area contributed by atoms with Crippen molar-refractivity contribution >= 4 is 5.52 Å². The molecule has 5 rings (SSSR count). The molecule has 6 nitrogen and oxygen atoms in total. The van der Waals surface area contributed by atoms with Crippen LogP contribution >= 0.6 is 0 Å². The van der Waals surface area contributed by atoms with E-state index in [-0.39, 0.29) is 11.7 Å². The highest BCUT2D eigenvalue weighted by Crippen LogP contribution is 2.41. The van der Waals surface area contributed by atoms with Gasteiger partial charge in [-0.1, -0.05) is 0 Å². The quantitative estimate of drug-likeness (QED) is 0.763. The van der Waals surface area contributed by atoms with Gasteiger partial charge in [0.2, 0.25) is 0 Å². The normalized spacial score (nSPS) is 26.4. The molecule has 0 radical (unpaired) electrons. The second-order valence-corrected chi connectivity index (χ2v) is 7.94. The molecule has 0 spiro atoms. The number of hydrogen-bond donors (Lipinski definition) is 1. The van der Waals surface area contributed by atoms with Gasteiger partial charge in [0.25, 0.3) is 0 Å². The molecule has 1 saturated carbocycles. The van der Waals surface area contributed by atoms with Crippen molar-refractivity contribution in [2.75, 3.05) is 6.61 Å². The Morgan fingerprint density at radius 2 is 1.89 bits per heavy atom. The fourth-order valence-corrected chi connectivity index (χ4v) is 4.72. The number of hydrogen-bond acceptors (Lipinski definition) is 3. The first-order valence-corrected chi connectivity index (χ1v) is 10.1. The van der Waals surface area contributed by atoms with E-state index in [4.69, 9.17) is 9.84 Å². The van der Waals surface area contributed by atoms with E-state index in [9.17, 15) is 4.79 Å². The molecule has 27 heavy (non-hydrogen) atoms. The number of aromatic amines is 1. The lowest BCUT2D eigenvalue weighted by Gasteiger charge is -2.27. The maximum absolute atomic E-state index is 11.7. The molecule has 0 aromatic carbocycles. The molecule has 3 aromatic rings. The molecule has 1 saturated heterocycles. The van der Waals surface area contributed by atoms with Gasteiger partial charge in [-0.2, -0.15) is 5.10 Å². The second kappa shape index (κ2) is 7.00. The molecule has 0 amide bonds. The van der Waals surface area contributed by atoms with Gasteiger partial charge < -0.3 is 9.84 Å². The lowest BCUT2D eigenvalue weighted by molar-refractivity contribution is -0.0397. The van der Waals surface area contributed by atoms with Crippen LogP contribution in [0.2, 0.25) is 0 Å². The van der Waals surface area contributed by atoms with Crippen molar-refractivity contribution < 1.29 is 4.74 Å². The lowest BCUT2D eigenvalue weighted by Crippen LogP contribution is -2.19. The zero-order chi connectivity index (χ0) is 18.2. The number of fused-ring (bicyclic) bond motifs is 1. The number of pyridine rings is 1. The van der Waals surface area contributed by atoms with Crippen LogP contribution in [-0.4, -0.2) is 26.0 Å². The van der Waals surface area contributed by atoms with E-state index in [1.165, 1.54) is 17.7 Å². The summed E-state index contributed by atoms with van der Waals surface area (Å²) in [5.74, 6) is 1.03. The van der Waals surface area contributed by atoms with Crippen LogP contribution < -0.4 is 5.43 Å². The van der Waals surface area contributed by atoms with Crippen LogP contribution in [0.4, 0.5) is 0 Å². The largest absolute Gasteiger partial charge is 0.357 e. The van der Waals surface area contributed by atoms with E-state index >= 15 is 0 Å². The van der Waals surface area contributed by atoms with Crippen LogP contribution in [0.3, 0.4) is 0 Å². The Kier molecular flexibility index (Phi) is 4.36. The monoisotopic (exact) mass is 366 g/mol. The summed E-state index contributed by atoms with van der Waals surface area (Å²) < 4.78 is 9.81. The first-order valence-electron chi connectivity index (χ1n) is 10.1. The summed E-state index contributed by atoms with van der Waals surface area (Å²) in [6.07, 6.45) is 14.1. The lowest BCUT2D eigenvalue weighted by atomic mass is 9.78. The van der Waals surface area contributed by atoms with Gasteiger partial charge in [-0.05, 0) is 62.5 Å². The van der Waals surface area contributed by atoms with Gasteiger partial charge in [-0.3, -0.25) is 9.31 Å². The van der Waals surface area contributed by atoms with Crippen LogP contribution in [0, 0.1) is 0 Å². The molecule has 3 aromatic heterocycles. The summed E-state index contributed by atoms with van der Waals surface area (Å²) in [5.41, 5.74) is 3.56. The van der Waals surface area contributed by atoms with E-state index in [0.717, 1.165) is 50.6 Å². The van der Waals surface area contributed by atoms with Gasteiger partial charge >= 0.3 is 0 Å². The number of ether oxygens (including phenoxy) is 1. The van der Waals surface area contributed by atoms with Crippen molar-refractivity contribution in [3.8, 4) is 0 Å². The van der Waals surface area contributed by atoms with Crippen molar-refractivity contribution in [1.82, 2.24) is 19.4 Å². The molecule has 6 heteroatoms. The van der Waals surface area contributed by atoms with E-state index in [1.807, 2.05) is 15.4 Å². The van der Waals surface area contributed by atoms with E-state index < -0.39 is 0 Å². The van der Waals surface area contributed by atoms with Crippen molar-refractivity contribution in [2.24, 2.45) is 0 Å². The number of nitrogens with zero attached hydrogens (tertiary/aromatic N) is 3. The Bertz CT molecular complexity index is 971. The third kappa shape index (κ3) is 3.23. The Morgan fingerprint density at radius 1 is 1.04 bits per heavy atom. The number of rotatable bonds is 3. The summed E-state index contributed by atoms with van der Waals surface area (Å²) in [6.45, 7) is 0.846. The van der Waals surface area contributed by atoms with Crippen molar-refractivity contribution in [3.63, 3.8) is 0 Å². The summed E-state index contributed by atoms with van der Waals surface area (Å²) in [4.78, 5) is 11.7. The van der Waals surface area contributed by atoms with Gasteiger partial charge in [0.15, 0.2) is 5.43 Å². The van der Waals surface area contributed by atoms with Crippen molar-refractivity contribution in [2.45, 2.75) is 63.0 Å². The molecule has 1 unspecified atom stereocenters. The van der Waals surface area contributed by atoms with Crippen LogP contribution in [0.1, 0.15) is 74.3 Å². The molecule has 2 aliphatic rings. The Balaban J connectivity index is 1.28. The molecular formula is C21H26N4O2. The fraction of sp³-hybridized carbons (Fsp3) is 0.524. The Labute approximate surface area is 158 Å². The average molecular weight is 366 g/mol. The zero-order valence-corrected chi connectivity index (χ0v) is 15.5. The van der Waals surface area contributed by atoms with Crippen LogP contribution in [0.15, 0.2) is 41.6 Å².